The third kappa shape index (κ3) is 4.64. The summed E-state index contributed by atoms with van der Waals surface area (Å²) < 4.78 is 11.6. The van der Waals surface area contributed by atoms with Gasteiger partial charge in [0.25, 0.3) is 5.91 Å². The van der Waals surface area contributed by atoms with Crippen LogP contribution in [0.5, 0.6) is 5.75 Å². The Hall–Kier alpha value is -4.44. The number of hydrazone groups is 1. The van der Waals surface area contributed by atoms with Gasteiger partial charge >= 0.3 is 5.97 Å². The number of thioether (sulfide) groups is 1. The summed E-state index contributed by atoms with van der Waals surface area (Å²) in [6.45, 7) is 2.15. The Kier molecular flexibility index (Phi) is 5.79. The van der Waals surface area contributed by atoms with Gasteiger partial charge in [0.15, 0.2) is 5.84 Å². The van der Waals surface area contributed by atoms with E-state index in [4.69, 9.17) is 14.6 Å². The molecule has 1 amide bonds. The maximum absolute atomic E-state index is 12.6. The lowest BCUT2D eigenvalue weighted by molar-refractivity contribution is -0.114. The molecule has 10 heteroatoms. The minimum Gasteiger partial charge on any atom is -0.487 e. The van der Waals surface area contributed by atoms with Crippen LogP contribution in [0.3, 0.4) is 0 Å². The molecule has 3 aromatic rings. The number of nitrogens with zero attached hydrogens (tertiary/aromatic N) is 3. The zero-order chi connectivity index (χ0) is 24.5. The summed E-state index contributed by atoms with van der Waals surface area (Å²) in [6.07, 6.45) is 1.43. The van der Waals surface area contributed by atoms with Crippen molar-refractivity contribution in [3.63, 3.8) is 0 Å². The summed E-state index contributed by atoms with van der Waals surface area (Å²) >= 11 is 1.18. The number of aryl methyl sites for hydroxylation is 1. The molecule has 2 aliphatic rings. The Morgan fingerprint density at radius 1 is 1.20 bits per heavy atom. The maximum atomic E-state index is 12.6. The van der Waals surface area contributed by atoms with Gasteiger partial charge in [-0.3, -0.25) is 10.2 Å². The first-order valence-electron chi connectivity index (χ1n) is 10.5. The first kappa shape index (κ1) is 22.4. The van der Waals surface area contributed by atoms with Crippen LogP contribution in [0.2, 0.25) is 0 Å². The third-order valence-corrected chi connectivity index (χ3v) is 6.04. The zero-order valence-corrected chi connectivity index (χ0v) is 19.2. The molecule has 0 saturated heterocycles. The van der Waals surface area contributed by atoms with Crippen LogP contribution in [-0.2, 0) is 4.79 Å². The summed E-state index contributed by atoms with van der Waals surface area (Å²) in [7, 11) is 0. The highest BCUT2D eigenvalue weighted by atomic mass is 32.2. The molecule has 9 nitrogen and oxygen atoms in total. The van der Waals surface area contributed by atoms with Crippen molar-refractivity contribution in [2.45, 2.75) is 6.92 Å². The van der Waals surface area contributed by atoms with Crippen LogP contribution in [0.25, 0.3) is 17.4 Å². The third-order valence-electron chi connectivity index (χ3n) is 5.16. The second kappa shape index (κ2) is 9.07. The minimum absolute atomic E-state index is 0.0270. The van der Waals surface area contributed by atoms with Gasteiger partial charge in [0.1, 0.15) is 28.9 Å². The van der Waals surface area contributed by atoms with Crippen molar-refractivity contribution in [1.29, 1.82) is 5.41 Å². The number of carbonyl (C=O) groups is 2. The average molecular weight is 487 g/mol. The monoisotopic (exact) mass is 486 g/mol. The van der Waals surface area contributed by atoms with E-state index in [1.807, 2.05) is 31.2 Å². The number of aromatic carboxylic acids is 1. The molecule has 0 unspecified atom stereocenters. The number of amides is 1. The topological polar surface area (TPSA) is 129 Å². The lowest BCUT2D eigenvalue weighted by atomic mass is 10.1. The van der Waals surface area contributed by atoms with Crippen LogP contribution in [0, 0.1) is 12.3 Å². The SMILES string of the molecule is Cc1cccc(OCC2=NN3C(=N)/C(=C/c4ccc(-c5cccc(C(=O)O)c5)o4)C(=O)N=C3S2)c1. The van der Waals surface area contributed by atoms with Gasteiger partial charge in [-0.15, -0.1) is 0 Å². The van der Waals surface area contributed by atoms with Crippen LogP contribution >= 0.6 is 11.8 Å². The number of amidine groups is 2. The van der Waals surface area contributed by atoms with Crippen LogP contribution in [0.15, 0.2) is 80.7 Å². The standard InChI is InChI=1S/C25H18N4O5S/c1-14-4-2-7-17(10-14)33-13-21-28-29-22(26)19(23(30)27-25(29)35-21)12-18-8-9-20(34-18)15-5-3-6-16(11-15)24(31)32/h2-12,26H,13H2,1H3,(H,31,32)/b19-12-,26-22?. The Labute approximate surface area is 203 Å². The van der Waals surface area contributed by atoms with Crippen molar-refractivity contribution in [3.8, 4) is 17.1 Å². The first-order chi connectivity index (χ1) is 16.9. The molecular weight excluding hydrogens is 468 g/mol. The van der Waals surface area contributed by atoms with Gasteiger partial charge in [-0.2, -0.15) is 15.1 Å². The van der Waals surface area contributed by atoms with Crippen molar-refractivity contribution >= 4 is 45.8 Å². The normalized spacial score (nSPS) is 16.3. The fourth-order valence-electron chi connectivity index (χ4n) is 3.47. The van der Waals surface area contributed by atoms with Crippen molar-refractivity contribution in [1.82, 2.24) is 5.01 Å². The summed E-state index contributed by atoms with van der Waals surface area (Å²) in [4.78, 5) is 27.9. The molecular formula is C25H18N4O5S. The second-order valence-electron chi connectivity index (χ2n) is 7.71. The molecule has 2 aliphatic heterocycles. The molecule has 0 bridgehead atoms. The summed E-state index contributed by atoms with van der Waals surface area (Å²) in [5.41, 5.74) is 1.82. The van der Waals surface area contributed by atoms with Crippen LogP contribution in [0.1, 0.15) is 21.7 Å². The van der Waals surface area contributed by atoms with Crippen molar-refractivity contribution in [3.05, 3.63) is 83.1 Å². The predicted molar refractivity (Wildman–Crippen MR) is 133 cm³/mol. The summed E-state index contributed by atoms with van der Waals surface area (Å²) in [5.74, 6) is -0.271. The molecule has 2 N–H and O–H groups in total. The number of furan rings is 1. The molecule has 0 spiro atoms. The van der Waals surface area contributed by atoms with Crippen LogP contribution in [-0.4, -0.2) is 44.6 Å². The number of rotatable bonds is 6. The molecule has 2 aromatic carbocycles. The van der Waals surface area contributed by atoms with E-state index in [0.29, 0.717) is 33.0 Å². The molecule has 5 rings (SSSR count). The second-order valence-corrected chi connectivity index (χ2v) is 8.75. The molecule has 0 aliphatic carbocycles. The lowest BCUT2D eigenvalue weighted by Gasteiger charge is -2.19. The molecule has 0 radical (unpaired) electrons. The van der Waals surface area contributed by atoms with Gasteiger partial charge in [0.05, 0.1) is 11.1 Å². The van der Waals surface area contributed by atoms with E-state index in [9.17, 15) is 14.7 Å². The summed E-state index contributed by atoms with van der Waals surface area (Å²) in [6, 6.07) is 17.3. The minimum atomic E-state index is -1.04. The van der Waals surface area contributed by atoms with E-state index in [-0.39, 0.29) is 23.6 Å². The van der Waals surface area contributed by atoms with Gasteiger partial charge in [-0.25, -0.2) is 4.79 Å². The fourth-order valence-corrected chi connectivity index (χ4v) is 4.27. The fraction of sp³-hybridized carbons (Fsp3) is 0.0800. The van der Waals surface area contributed by atoms with Crippen molar-refractivity contribution in [2.24, 2.45) is 10.1 Å². The summed E-state index contributed by atoms with van der Waals surface area (Å²) in [5, 5.41) is 24.2. The highest BCUT2D eigenvalue weighted by molar-refractivity contribution is 8.27. The van der Waals surface area contributed by atoms with Gasteiger partial charge in [-0.05, 0) is 66.7 Å². The van der Waals surface area contributed by atoms with Gasteiger partial charge < -0.3 is 14.3 Å². The number of carbonyl (C=O) groups excluding carboxylic acids is 1. The van der Waals surface area contributed by atoms with E-state index < -0.39 is 11.9 Å². The average Bonchev–Trinajstić information content (AvgIpc) is 3.48. The largest absolute Gasteiger partial charge is 0.487 e. The van der Waals surface area contributed by atoms with Crippen molar-refractivity contribution < 1.29 is 23.8 Å². The molecule has 35 heavy (non-hydrogen) atoms. The Morgan fingerprint density at radius 2 is 2.03 bits per heavy atom. The number of ether oxygens (including phenoxy) is 1. The van der Waals surface area contributed by atoms with Gasteiger partial charge in [0.2, 0.25) is 5.17 Å². The van der Waals surface area contributed by atoms with E-state index in [1.54, 1.807) is 24.3 Å². The number of fused-ring (bicyclic) bond motifs is 1. The number of hydrogen-bond donors (Lipinski definition) is 2. The van der Waals surface area contributed by atoms with Crippen LogP contribution in [0.4, 0.5) is 0 Å². The number of benzene rings is 2. The van der Waals surface area contributed by atoms with E-state index in [1.165, 1.54) is 35.0 Å². The number of nitrogens with one attached hydrogen (secondary N) is 1. The van der Waals surface area contributed by atoms with Gasteiger partial charge in [-0.1, -0.05) is 24.3 Å². The zero-order valence-electron chi connectivity index (χ0n) is 18.4. The highest BCUT2D eigenvalue weighted by Gasteiger charge is 2.36. The van der Waals surface area contributed by atoms with Crippen molar-refractivity contribution in [2.75, 3.05) is 6.61 Å². The Bertz CT molecular complexity index is 1470. The number of hydrogen-bond acceptors (Lipinski definition) is 7. The molecule has 1 aromatic heterocycles. The highest BCUT2D eigenvalue weighted by Crippen LogP contribution is 2.30. The maximum Gasteiger partial charge on any atom is 0.335 e. The molecule has 0 saturated carbocycles. The molecule has 0 fully saturated rings. The number of carboxylic acids is 1. The molecule has 0 atom stereocenters. The van der Waals surface area contributed by atoms with Crippen LogP contribution < -0.4 is 4.74 Å². The predicted octanol–water partition coefficient (Wildman–Crippen LogP) is 4.65. The quantitative estimate of drug-likeness (QED) is 0.485. The van der Waals surface area contributed by atoms with E-state index in [2.05, 4.69) is 10.1 Å². The van der Waals surface area contributed by atoms with E-state index in [0.717, 1.165) is 5.56 Å². The van der Waals surface area contributed by atoms with Gasteiger partial charge in [0, 0.05) is 5.56 Å². The Morgan fingerprint density at radius 3 is 2.83 bits per heavy atom. The first-order valence-corrected chi connectivity index (χ1v) is 11.3. The lowest BCUT2D eigenvalue weighted by Crippen LogP contribution is -2.35. The Balaban J connectivity index is 1.34. The molecule has 174 valence electrons. The number of carboxylic acid groups (broad SMARTS) is 1. The smallest absolute Gasteiger partial charge is 0.335 e. The number of aliphatic imine (C=N–C) groups is 1. The van der Waals surface area contributed by atoms with E-state index >= 15 is 0 Å². The molecule has 3 heterocycles.